The van der Waals surface area contributed by atoms with E-state index in [1.807, 2.05) is 28.9 Å². The molecule has 3 aromatic heterocycles. The fraction of sp³-hybridized carbons (Fsp3) is 0.158. The summed E-state index contributed by atoms with van der Waals surface area (Å²) >= 11 is 1.61. The van der Waals surface area contributed by atoms with E-state index in [0.717, 1.165) is 39.8 Å². The highest BCUT2D eigenvalue weighted by atomic mass is 32.2. The molecule has 6 heteroatoms. The molecular formula is C19H17N5S. The van der Waals surface area contributed by atoms with E-state index in [2.05, 4.69) is 52.4 Å². The zero-order chi connectivity index (χ0) is 17.1. The minimum absolute atomic E-state index is 0.752. The summed E-state index contributed by atoms with van der Waals surface area (Å²) in [5, 5.41) is 14.0. The lowest BCUT2D eigenvalue weighted by molar-refractivity contribution is 0.812. The second-order valence-electron chi connectivity index (χ2n) is 5.67. The molecule has 124 valence electrons. The average molecular weight is 347 g/mol. The van der Waals surface area contributed by atoms with Gasteiger partial charge in [0.2, 0.25) is 5.16 Å². The summed E-state index contributed by atoms with van der Waals surface area (Å²) < 4.78 is 1.81. The Morgan fingerprint density at radius 3 is 2.60 bits per heavy atom. The van der Waals surface area contributed by atoms with Crippen LogP contribution in [0.5, 0.6) is 0 Å². The van der Waals surface area contributed by atoms with Crippen molar-refractivity contribution in [3.63, 3.8) is 0 Å². The predicted octanol–water partition coefficient (Wildman–Crippen LogP) is 4.04. The van der Waals surface area contributed by atoms with E-state index in [1.165, 1.54) is 5.56 Å². The molecule has 25 heavy (non-hydrogen) atoms. The number of thioether (sulfide) groups is 1. The van der Waals surface area contributed by atoms with Crippen molar-refractivity contribution in [1.82, 2.24) is 24.8 Å². The molecule has 0 saturated heterocycles. The molecule has 4 aromatic rings. The molecule has 5 nitrogen and oxygen atoms in total. The number of aryl methyl sites for hydroxylation is 1. The van der Waals surface area contributed by atoms with Crippen LogP contribution in [-0.2, 0) is 12.2 Å². The van der Waals surface area contributed by atoms with Crippen LogP contribution in [0.3, 0.4) is 0 Å². The Morgan fingerprint density at radius 2 is 1.84 bits per heavy atom. The third-order valence-corrected chi connectivity index (χ3v) is 4.97. The molecule has 0 saturated carbocycles. The first-order valence-electron chi connectivity index (χ1n) is 8.17. The normalized spacial score (nSPS) is 11.1. The van der Waals surface area contributed by atoms with Crippen molar-refractivity contribution in [2.75, 3.05) is 0 Å². The lowest BCUT2D eigenvalue weighted by Gasteiger charge is -2.04. The summed E-state index contributed by atoms with van der Waals surface area (Å²) in [7, 11) is 0. The van der Waals surface area contributed by atoms with Crippen LogP contribution in [0, 0.1) is 0 Å². The van der Waals surface area contributed by atoms with Crippen LogP contribution < -0.4 is 0 Å². The first-order valence-corrected chi connectivity index (χ1v) is 9.15. The summed E-state index contributed by atoms with van der Waals surface area (Å²) in [4.78, 5) is 4.14. The van der Waals surface area contributed by atoms with Crippen LogP contribution in [-0.4, -0.2) is 24.8 Å². The Bertz CT molecular complexity index is 980. The molecule has 0 aliphatic rings. The van der Waals surface area contributed by atoms with Gasteiger partial charge in [-0.2, -0.15) is 9.61 Å². The van der Waals surface area contributed by atoms with Gasteiger partial charge < -0.3 is 0 Å². The summed E-state index contributed by atoms with van der Waals surface area (Å²) in [5.74, 6) is 0.783. The number of aromatic nitrogens is 5. The van der Waals surface area contributed by atoms with Crippen molar-refractivity contribution in [3.8, 4) is 11.3 Å². The van der Waals surface area contributed by atoms with Crippen molar-refractivity contribution >= 4 is 17.4 Å². The van der Waals surface area contributed by atoms with E-state index < -0.39 is 0 Å². The number of benzene rings is 1. The highest BCUT2D eigenvalue weighted by Gasteiger charge is 2.09. The maximum absolute atomic E-state index is 4.73. The molecule has 0 atom stereocenters. The number of fused-ring (bicyclic) bond motifs is 1. The number of pyridine rings is 1. The van der Waals surface area contributed by atoms with Crippen LogP contribution in [0.15, 0.2) is 66.1 Å². The van der Waals surface area contributed by atoms with Crippen molar-refractivity contribution < 1.29 is 0 Å². The molecule has 4 rings (SSSR count). The van der Waals surface area contributed by atoms with Crippen LogP contribution in [0.2, 0.25) is 0 Å². The molecule has 3 heterocycles. The highest BCUT2D eigenvalue weighted by molar-refractivity contribution is 7.98. The maximum atomic E-state index is 4.73. The first-order chi connectivity index (χ1) is 12.3. The van der Waals surface area contributed by atoms with Crippen LogP contribution in [0.4, 0.5) is 0 Å². The lowest BCUT2D eigenvalue weighted by atomic mass is 10.1. The SMILES string of the molecule is CCc1ccc(-c2ccc3nnc(SCc4cccnc4)n3n2)cc1. The lowest BCUT2D eigenvalue weighted by Crippen LogP contribution is -1.97. The number of hydrogen-bond acceptors (Lipinski definition) is 5. The molecule has 0 spiro atoms. The molecule has 0 amide bonds. The minimum Gasteiger partial charge on any atom is -0.264 e. The average Bonchev–Trinajstić information content (AvgIpc) is 3.09. The molecule has 0 unspecified atom stereocenters. The van der Waals surface area contributed by atoms with Crippen molar-refractivity contribution in [1.29, 1.82) is 0 Å². The van der Waals surface area contributed by atoms with Gasteiger partial charge in [-0.05, 0) is 35.7 Å². The van der Waals surface area contributed by atoms with E-state index in [1.54, 1.807) is 18.0 Å². The standard InChI is InChI=1S/C19H17N5S/c1-2-14-5-7-16(8-6-14)17-9-10-18-21-22-19(24(18)23-17)25-13-15-4-3-11-20-12-15/h3-12H,2,13H2,1H3. The van der Waals surface area contributed by atoms with Gasteiger partial charge in [0.15, 0.2) is 5.65 Å². The quantitative estimate of drug-likeness (QED) is 0.510. The summed E-state index contributed by atoms with van der Waals surface area (Å²) in [6.45, 7) is 2.15. The Labute approximate surface area is 150 Å². The largest absolute Gasteiger partial charge is 0.264 e. The van der Waals surface area contributed by atoms with Gasteiger partial charge in [-0.25, -0.2) is 0 Å². The first kappa shape index (κ1) is 15.8. The van der Waals surface area contributed by atoms with Gasteiger partial charge in [0.1, 0.15) is 0 Å². The van der Waals surface area contributed by atoms with E-state index in [-0.39, 0.29) is 0 Å². The molecule has 0 radical (unpaired) electrons. The molecule has 0 aliphatic heterocycles. The van der Waals surface area contributed by atoms with Gasteiger partial charge in [-0.1, -0.05) is 49.0 Å². The minimum atomic E-state index is 0.752. The van der Waals surface area contributed by atoms with Gasteiger partial charge in [-0.3, -0.25) is 4.98 Å². The highest BCUT2D eigenvalue weighted by Crippen LogP contribution is 2.23. The van der Waals surface area contributed by atoms with Gasteiger partial charge in [-0.15, -0.1) is 10.2 Å². The number of rotatable bonds is 5. The van der Waals surface area contributed by atoms with Crippen molar-refractivity contribution in [2.24, 2.45) is 0 Å². The van der Waals surface area contributed by atoms with E-state index in [4.69, 9.17) is 5.10 Å². The molecule has 0 N–H and O–H groups in total. The monoisotopic (exact) mass is 347 g/mol. The number of nitrogens with zero attached hydrogens (tertiary/aromatic N) is 5. The predicted molar refractivity (Wildman–Crippen MR) is 99.4 cm³/mol. The van der Waals surface area contributed by atoms with Gasteiger partial charge in [0.05, 0.1) is 5.69 Å². The maximum Gasteiger partial charge on any atom is 0.212 e. The Morgan fingerprint density at radius 1 is 0.960 bits per heavy atom. The fourth-order valence-corrected chi connectivity index (χ4v) is 3.38. The molecule has 0 fully saturated rings. The molecule has 0 bridgehead atoms. The zero-order valence-corrected chi connectivity index (χ0v) is 14.6. The molecule has 1 aromatic carbocycles. The van der Waals surface area contributed by atoms with Crippen molar-refractivity contribution in [2.45, 2.75) is 24.3 Å². The summed E-state index contributed by atoms with van der Waals surface area (Å²) in [5.41, 5.74) is 5.23. The Balaban J connectivity index is 1.62. The van der Waals surface area contributed by atoms with Crippen LogP contribution >= 0.6 is 11.8 Å². The molecular weight excluding hydrogens is 330 g/mol. The van der Waals surface area contributed by atoms with Crippen LogP contribution in [0.25, 0.3) is 16.9 Å². The topological polar surface area (TPSA) is 56.0 Å². The van der Waals surface area contributed by atoms with Gasteiger partial charge in [0, 0.05) is 23.7 Å². The van der Waals surface area contributed by atoms with Crippen LogP contribution in [0.1, 0.15) is 18.1 Å². The number of hydrogen-bond donors (Lipinski definition) is 0. The second kappa shape index (κ2) is 7.03. The Kier molecular flexibility index (Phi) is 4.43. The van der Waals surface area contributed by atoms with Gasteiger partial charge in [0.25, 0.3) is 0 Å². The summed E-state index contributed by atoms with van der Waals surface area (Å²) in [6.07, 6.45) is 4.68. The van der Waals surface area contributed by atoms with E-state index in [0.29, 0.717) is 0 Å². The third-order valence-electron chi connectivity index (χ3n) is 3.98. The Hall–Kier alpha value is -2.73. The van der Waals surface area contributed by atoms with E-state index in [9.17, 15) is 0 Å². The zero-order valence-electron chi connectivity index (χ0n) is 13.8. The second-order valence-corrected chi connectivity index (χ2v) is 6.61. The smallest absolute Gasteiger partial charge is 0.212 e. The van der Waals surface area contributed by atoms with Crippen molar-refractivity contribution in [3.05, 3.63) is 72.1 Å². The van der Waals surface area contributed by atoms with E-state index >= 15 is 0 Å². The summed E-state index contributed by atoms with van der Waals surface area (Å²) in [6, 6.07) is 16.4. The fourth-order valence-electron chi connectivity index (χ4n) is 2.56. The third kappa shape index (κ3) is 3.39. The molecule has 0 aliphatic carbocycles. The van der Waals surface area contributed by atoms with Gasteiger partial charge >= 0.3 is 0 Å².